The molecule has 5 heteroatoms. The quantitative estimate of drug-likeness (QED) is 0.750. The number of nitrogens with zero attached hydrogens (tertiary/aromatic N) is 2. The highest BCUT2D eigenvalue weighted by Crippen LogP contribution is 2.40. The molecule has 1 saturated carbocycles. The van der Waals surface area contributed by atoms with E-state index in [-0.39, 0.29) is 11.4 Å². The van der Waals surface area contributed by atoms with Crippen molar-refractivity contribution in [3.05, 3.63) is 17.5 Å². The van der Waals surface area contributed by atoms with Crippen molar-refractivity contribution in [2.75, 3.05) is 13.1 Å². The summed E-state index contributed by atoms with van der Waals surface area (Å²) in [5.41, 5.74) is 7.74. The number of amides is 1. The summed E-state index contributed by atoms with van der Waals surface area (Å²) in [5.74, 6) is 0.522. The molecule has 1 aliphatic carbocycles. The molecule has 1 aromatic rings. The van der Waals surface area contributed by atoms with Crippen molar-refractivity contribution in [2.24, 2.45) is 11.7 Å². The lowest BCUT2D eigenvalue weighted by Gasteiger charge is -2.22. The molecule has 1 aromatic heterocycles. The lowest BCUT2D eigenvalue weighted by Crippen LogP contribution is -2.45. The Hall–Kier alpha value is -1.36. The van der Waals surface area contributed by atoms with Gasteiger partial charge in [-0.1, -0.05) is 6.42 Å². The number of fused-ring (bicyclic) bond motifs is 1. The molecule has 2 fully saturated rings. The number of H-pyrrole nitrogens is 1. The maximum Gasteiger partial charge on any atom is 0.272 e. The Morgan fingerprint density at radius 1 is 1.71 bits per heavy atom. The molecule has 2 unspecified atom stereocenters. The first-order chi connectivity index (χ1) is 8.10. The fraction of sp³-hybridized carbons (Fsp3) is 0.667. The topological polar surface area (TPSA) is 75.0 Å². The first-order valence-electron chi connectivity index (χ1n) is 6.18. The Labute approximate surface area is 100 Å². The van der Waals surface area contributed by atoms with E-state index in [0.29, 0.717) is 18.2 Å². The Bertz CT molecular complexity index is 455. The van der Waals surface area contributed by atoms with Gasteiger partial charge in [0, 0.05) is 18.6 Å². The molecule has 1 saturated heterocycles. The molecule has 0 bridgehead atoms. The average molecular weight is 234 g/mol. The highest BCUT2D eigenvalue weighted by Gasteiger charge is 2.48. The number of aryl methyl sites for hydroxylation is 1. The van der Waals surface area contributed by atoms with Gasteiger partial charge in [0.1, 0.15) is 5.69 Å². The monoisotopic (exact) mass is 234 g/mol. The molecule has 17 heavy (non-hydrogen) atoms. The van der Waals surface area contributed by atoms with Crippen molar-refractivity contribution in [1.82, 2.24) is 15.1 Å². The van der Waals surface area contributed by atoms with Gasteiger partial charge in [-0.25, -0.2) is 0 Å². The largest absolute Gasteiger partial charge is 0.335 e. The number of nitrogens with two attached hydrogens (primary N) is 1. The zero-order valence-electron chi connectivity index (χ0n) is 10.1. The van der Waals surface area contributed by atoms with Gasteiger partial charge in [0.15, 0.2) is 0 Å². The van der Waals surface area contributed by atoms with E-state index in [4.69, 9.17) is 5.73 Å². The second kappa shape index (κ2) is 3.57. The summed E-state index contributed by atoms with van der Waals surface area (Å²) in [7, 11) is 0. The SMILES string of the molecule is Cc1cn[nH]c1C(=O)N1CC2CCCC2(N)C1. The first kappa shape index (κ1) is 10.8. The van der Waals surface area contributed by atoms with Crippen molar-refractivity contribution in [3.63, 3.8) is 0 Å². The lowest BCUT2D eigenvalue weighted by atomic mass is 9.92. The number of hydrogen-bond acceptors (Lipinski definition) is 3. The Morgan fingerprint density at radius 3 is 3.18 bits per heavy atom. The van der Waals surface area contributed by atoms with Gasteiger partial charge in [0.25, 0.3) is 5.91 Å². The summed E-state index contributed by atoms with van der Waals surface area (Å²) in [4.78, 5) is 14.2. The third kappa shape index (κ3) is 1.57. The summed E-state index contributed by atoms with van der Waals surface area (Å²) in [6.45, 7) is 3.38. The van der Waals surface area contributed by atoms with Gasteiger partial charge in [-0.2, -0.15) is 5.10 Å². The lowest BCUT2D eigenvalue weighted by molar-refractivity contribution is 0.0771. The molecular formula is C12H18N4O. The predicted octanol–water partition coefficient (Wildman–Crippen LogP) is 0.672. The van der Waals surface area contributed by atoms with Crippen LogP contribution in [-0.4, -0.2) is 39.6 Å². The van der Waals surface area contributed by atoms with E-state index in [1.54, 1.807) is 6.20 Å². The number of rotatable bonds is 1. The maximum absolute atomic E-state index is 12.3. The van der Waals surface area contributed by atoms with Crippen LogP contribution in [0.1, 0.15) is 35.3 Å². The van der Waals surface area contributed by atoms with Crippen molar-refractivity contribution < 1.29 is 4.79 Å². The molecule has 1 amide bonds. The zero-order valence-corrected chi connectivity index (χ0v) is 10.1. The molecule has 2 heterocycles. The number of carbonyl (C=O) groups is 1. The van der Waals surface area contributed by atoms with Crippen LogP contribution in [-0.2, 0) is 0 Å². The summed E-state index contributed by atoms with van der Waals surface area (Å²) in [6.07, 6.45) is 5.08. The second-order valence-corrected chi connectivity index (χ2v) is 5.44. The highest BCUT2D eigenvalue weighted by atomic mass is 16.2. The molecule has 2 aliphatic rings. The molecule has 1 aliphatic heterocycles. The van der Waals surface area contributed by atoms with Crippen molar-refractivity contribution in [2.45, 2.75) is 31.7 Å². The number of hydrogen-bond donors (Lipinski definition) is 2. The van der Waals surface area contributed by atoms with Gasteiger partial charge in [-0.3, -0.25) is 9.89 Å². The van der Waals surface area contributed by atoms with Crippen LogP contribution < -0.4 is 5.73 Å². The van der Waals surface area contributed by atoms with Crippen LogP contribution in [0.5, 0.6) is 0 Å². The average Bonchev–Trinajstić information content (AvgIpc) is 2.90. The molecule has 92 valence electrons. The molecule has 2 atom stereocenters. The molecule has 5 nitrogen and oxygen atoms in total. The third-order valence-corrected chi connectivity index (χ3v) is 4.26. The van der Waals surface area contributed by atoms with E-state index in [1.807, 2.05) is 11.8 Å². The van der Waals surface area contributed by atoms with Crippen LogP contribution in [0.4, 0.5) is 0 Å². The number of nitrogens with one attached hydrogen (secondary N) is 1. The molecule has 0 radical (unpaired) electrons. The summed E-state index contributed by atoms with van der Waals surface area (Å²) in [6, 6.07) is 0. The van der Waals surface area contributed by atoms with Crippen LogP contribution in [0.15, 0.2) is 6.20 Å². The molecule has 0 aromatic carbocycles. The Morgan fingerprint density at radius 2 is 2.53 bits per heavy atom. The van der Waals surface area contributed by atoms with Crippen molar-refractivity contribution >= 4 is 5.91 Å². The van der Waals surface area contributed by atoms with Gasteiger partial charge < -0.3 is 10.6 Å². The fourth-order valence-electron chi connectivity index (χ4n) is 3.21. The first-order valence-corrected chi connectivity index (χ1v) is 6.18. The van der Waals surface area contributed by atoms with E-state index in [1.165, 1.54) is 6.42 Å². The van der Waals surface area contributed by atoms with Gasteiger partial charge in [0.05, 0.1) is 6.20 Å². The van der Waals surface area contributed by atoms with Crippen LogP contribution in [0.2, 0.25) is 0 Å². The Kier molecular flexibility index (Phi) is 2.26. The minimum Gasteiger partial charge on any atom is -0.335 e. The van der Waals surface area contributed by atoms with Gasteiger partial charge in [0.2, 0.25) is 0 Å². The summed E-state index contributed by atoms with van der Waals surface area (Å²) in [5, 5.41) is 6.68. The van der Waals surface area contributed by atoms with Gasteiger partial charge in [-0.05, 0) is 31.2 Å². The van der Waals surface area contributed by atoms with E-state index >= 15 is 0 Å². The zero-order chi connectivity index (χ0) is 12.0. The van der Waals surface area contributed by atoms with Crippen LogP contribution in [0, 0.1) is 12.8 Å². The molecular weight excluding hydrogens is 216 g/mol. The second-order valence-electron chi connectivity index (χ2n) is 5.44. The van der Waals surface area contributed by atoms with Gasteiger partial charge in [-0.15, -0.1) is 0 Å². The number of aromatic amines is 1. The number of aromatic nitrogens is 2. The third-order valence-electron chi connectivity index (χ3n) is 4.26. The smallest absolute Gasteiger partial charge is 0.272 e. The van der Waals surface area contributed by atoms with Crippen LogP contribution >= 0.6 is 0 Å². The van der Waals surface area contributed by atoms with E-state index in [9.17, 15) is 4.79 Å². The van der Waals surface area contributed by atoms with Crippen LogP contribution in [0.25, 0.3) is 0 Å². The van der Waals surface area contributed by atoms with Gasteiger partial charge >= 0.3 is 0 Å². The van der Waals surface area contributed by atoms with Crippen LogP contribution in [0.3, 0.4) is 0 Å². The molecule has 3 rings (SSSR count). The molecule has 3 N–H and O–H groups in total. The normalized spacial score (nSPS) is 31.9. The summed E-state index contributed by atoms with van der Waals surface area (Å²) < 4.78 is 0. The molecule has 0 spiro atoms. The van der Waals surface area contributed by atoms with E-state index in [2.05, 4.69) is 10.2 Å². The fourth-order valence-corrected chi connectivity index (χ4v) is 3.21. The Balaban J connectivity index is 1.80. The van der Waals surface area contributed by atoms with Crippen molar-refractivity contribution in [1.29, 1.82) is 0 Å². The van der Waals surface area contributed by atoms with Crippen molar-refractivity contribution in [3.8, 4) is 0 Å². The minimum absolute atomic E-state index is 0.0409. The highest BCUT2D eigenvalue weighted by molar-refractivity contribution is 5.93. The summed E-state index contributed by atoms with van der Waals surface area (Å²) >= 11 is 0. The predicted molar refractivity (Wildman–Crippen MR) is 63.5 cm³/mol. The van der Waals surface area contributed by atoms with E-state index < -0.39 is 0 Å². The minimum atomic E-state index is -0.135. The van der Waals surface area contributed by atoms with E-state index in [0.717, 1.165) is 24.9 Å². The maximum atomic E-state index is 12.3. The number of carbonyl (C=O) groups excluding carboxylic acids is 1. The standard InChI is InChI=1S/C12H18N4O/c1-8-5-14-15-10(8)11(17)16-6-9-3-2-4-12(9,13)7-16/h5,9H,2-4,6-7,13H2,1H3,(H,14,15). The number of likely N-dealkylation sites (tertiary alicyclic amines) is 1.